The first-order valence-corrected chi connectivity index (χ1v) is 38.7. The molecule has 37 atom stereocenters. The Labute approximate surface area is 595 Å². The van der Waals surface area contributed by atoms with Gasteiger partial charge in [-0.25, -0.2) is 27.6 Å². The van der Waals surface area contributed by atoms with Gasteiger partial charge in [-0.15, -0.1) is 0 Å². The van der Waals surface area contributed by atoms with Gasteiger partial charge in [0.15, 0.2) is 31.5 Å². The van der Waals surface area contributed by atoms with E-state index in [4.69, 9.17) is 91.9 Å². The van der Waals surface area contributed by atoms with E-state index in [0.717, 1.165) is 0 Å². The molecule has 0 aromatic rings. The maximum Gasteiger partial charge on any atom is 0.481 e. The molecule has 4 unspecified atom stereocenters. The van der Waals surface area contributed by atoms with E-state index >= 15 is 0 Å². The monoisotopic (exact) mass is 1670 g/mol. The molecule has 6 heterocycles. The molecule has 32 N–H and O–H groups in total. The maximum absolute atomic E-state index is 13.7. The fourth-order valence-corrected chi connectivity index (χ4v) is 15.7. The van der Waals surface area contributed by atoms with Crippen molar-refractivity contribution >= 4 is 45.1 Å². The minimum Gasteiger partial charge on any atom is -0.477 e. The smallest absolute Gasteiger partial charge is 0.477 e. The van der Waals surface area contributed by atoms with Crippen molar-refractivity contribution in [2.45, 2.75) is 208 Å². The predicted molar refractivity (Wildman–Crippen MR) is 321 cm³/mol. The van der Waals surface area contributed by atoms with Gasteiger partial charge in [-0.2, -0.15) is 4.31 Å². The van der Waals surface area contributed by atoms with Crippen LogP contribution in [0.25, 0.3) is 0 Å². The number of phosphoric acid groups is 5. The normalized spacial score (nSPS) is 42.0. The summed E-state index contributed by atoms with van der Waals surface area (Å²) < 4.78 is 167. The van der Waals surface area contributed by atoms with Gasteiger partial charge in [0.05, 0.1) is 59.5 Å². The molecule has 6 aliphatic heterocycles. The molecule has 106 heavy (non-hydrogen) atoms. The number of carboxylic acids is 1. The van der Waals surface area contributed by atoms with Crippen LogP contribution < -0.4 is 17.2 Å². The van der Waals surface area contributed by atoms with Crippen molar-refractivity contribution in [3.63, 3.8) is 0 Å². The van der Waals surface area contributed by atoms with Gasteiger partial charge in [0.25, 0.3) is 5.79 Å². The average Bonchev–Trinajstić information content (AvgIpc) is 0.756. The Morgan fingerprint density at radius 3 is 1.42 bits per heavy atom. The van der Waals surface area contributed by atoms with Crippen molar-refractivity contribution in [3.8, 4) is 0 Å². The zero-order valence-corrected chi connectivity index (χ0v) is 58.9. The topological polar surface area (TPSA) is 882 Å². The van der Waals surface area contributed by atoms with Crippen LogP contribution in [0.5, 0.6) is 0 Å². The van der Waals surface area contributed by atoms with Crippen molar-refractivity contribution in [2.24, 2.45) is 17.2 Å². The zero-order chi connectivity index (χ0) is 79.7. The fourth-order valence-electron chi connectivity index (χ4n) is 11.2. The third kappa shape index (κ3) is 23.9. The lowest BCUT2D eigenvalue weighted by molar-refractivity contribution is -0.419. The molecule has 624 valence electrons. The van der Waals surface area contributed by atoms with Crippen molar-refractivity contribution in [1.82, 2.24) is 0 Å². The minimum absolute atomic E-state index is 0.505. The Hall–Kier alpha value is -1.26. The molecule has 0 aliphatic carbocycles. The number of phosphoric ester groups is 5. The zero-order valence-electron chi connectivity index (χ0n) is 54.5. The largest absolute Gasteiger partial charge is 0.481 e. The van der Waals surface area contributed by atoms with E-state index in [1.807, 2.05) is 0 Å². The Morgan fingerprint density at radius 1 is 0.434 bits per heavy atom. The number of aliphatic carboxylic acids is 1. The van der Waals surface area contributed by atoms with E-state index in [1.165, 1.54) is 0 Å². The van der Waals surface area contributed by atoms with Crippen molar-refractivity contribution < 1.29 is 247 Å². The van der Waals surface area contributed by atoms with Crippen LogP contribution in [0, 0.1) is 0 Å². The van der Waals surface area contributed by atoms with E-state index in [1.54, 1.807) is 0 Å². The number of rotatable bonds is 40. The van der Waals surface area contributed by atoms with Gasteiger partial charge in [0.1, 0.15) is 165 Å². The second-order valence-corrected chi connectivity index (χ2v) is 30.9. The van der Waals surface area contributed by atoms with Crippen molar-refractivity contribution in [2.75, 3.05) is 79.1 Å². The number of carbonyl (C=O) groups is 1. The Morgan fingerprint density at radius 2 is 0.887 bits per heavy atom. The van der Waals surface area contributed by atoms with Crippen LogP contribution in [0.2, 0.25) is 0 Å². The summed E-state index contributed by atoms with van der Waals surface area (Å²) in [7, 11) is -29.0. The number of nitrogens with two attached hydrogens (primary N) is 3. The lowest BCUT2D eigenvalue weighted by Gasteiger charge is -2.53. The number of aliphatic hydroxyl groups is 19. The Bertz CT molecular complexity index is 2980. The average molecular weight is 1670 g/mol. The van der Waals surface area contributed by atoms with Gasteiger partial charge in [-0.1, -0.05) is 0 Å². The molecule has 0 aromatic heterocycles. The molecule has 6 fully saturated rings. The molecular weight excluding hydrogens is 1580 g/mol. The maximum atomic E-state index is 13.7. The van der Waals surface area contributed by atoms with Gasteiger partial charge >= 0.3 is 45.1 Å². The van der Waals surface area contributed by atoms with Gasteiger partial charge < -0.3 is 201 Å². The number of ether oxygens (including phenoxy) is 11. The first-order chi connectivity index (χ1) is 49.3. The van der Waals surface area contributed by atoms with Crippen LogP contribution in [0.4, 0.5) is 0 Å². The highest BCUT2D eigenvalue weighted by atomic mass is 31.3. The molecule has 0 amide bonds. The summed E-state index contributed by atoms with van der Waals surface area (Å²) in [6.45, 7) is -13.0. The van der Waals surface area contributed by atoms with E-state index < -0.39 is 333 Å². The van der Waals surface area contributed by atoms with Crippen LogP contribution in [0.1, 0.15) is 6.42 Å². The second-order valence-electron chi connectivity index (χ2n) is 23.9. The second kappa shape index (κ2) is 39.9. The summed E-state index contributed by atoms with van der Waals surface area (Å²) in [4.78, 5) is 74.6. The van der Waals surface area contributed by atoms with E-state index in [2.05, 4.69) is 13.4 Å². The van der Waals surface area contributed by atoms with Gasteiger partial charge in [-0.05, 0) is 0 Å². The lowest BCUT2D eigenvalue weighted by Crippen LogP contribution is -2.71. The van der Waals surface area contributed by atoms with Crippen LogP contribution in [0.15, 0.2) is 0 Å². The van der Waals surface area contributed by atoms with Gasteiger partial charge in [-0.3, -0.25) is 31.7 Å². The molecule has 59 heteroatoms. The SMILES string of the molecule is NCCOP(=O)(O)O[C@H]1[C@H](O)[C@@H]([C@@H](O)CO)O[C@H](O[C@@H]2[C@@H](O[C@@H]3[C@H](O)[C@@H](O[C@H]4[C@@H]([C@H](O)CO)O[C@@](O)(C(=O)O)C[C@H]4OP(=O)(O)OP(=O)(O)OCCN)O[C@H]([C@@H](O)CO)[C@H]3O[C@@H]3O[C@H](COP(=O)(O)O)[C@@H](O)[C@H](O)[C@H]3O)O[C@H]([C@H](CO)OP(=O)(O)OCCN)[C@@H](O)[C@@H]2O)[C@H]1O[C@@H]1O[C@H](CO)[C@@H](O)[C@H](O)[C@H]1O. The van der Waals surface area contributed by atoms with Crippen LogP contribution in [0.3, 0.4) is 0 Å². The van der Waals surface area contributed by atoms with E-state index in [-0.39, 0.29) is 0 Å². The lowest BCUT2D eigenvalue weighted by atomic mass is 9.91. The number of aliphatic hydroxyl groups excluding tert-OH is 18. The highest BCUT2D eigenvalue weighted by Crippen LogP contribution is 2.62. The molecule has 6 rings (SSSR count). The van der Waals surface area contributed by atoms with Crippen molar-refractivity contribution in [3.05, 3.63) is 0 Å². The van der Waals surface area contributed by atoms with E-state index in [0.29, 0.717) is 0 Å². The third-order valence-electron chi connectivity index (χ3n) is 16.3. The highest BCUT2D eigenvalue weighted by Gasteiger charge is 2.63. The van der Waals surface area contributed by atoms with Crippen LogP contribution >= 0.6 is 39.1 Å². The molecular formula is C47H90N3O51P5. The summed E-state index contributed by atoms with van der Waals surface area (Å²) in [5, 5.41) is 223. The molecule has 0 saturated carbocycles. The van der Waals surface area contributed by atoms with Crippen LogP contribution in [-0.4, -0.2) is 419 Å². The van der Waals surface area contributed by atoms with E-state index in [9.17, 15) is 159 Å². The number of hydrogen-bond acceptors (Lipinski definition) is 47. The molecule has 54 nitrogen and oxygen atoms in total. The predicted octanol–water partition coefficient (Wildman–Crippen LogP) is -15.6. The minimum atomic E-state index is -6.36. The quantitative estimate of drug-likeness (QED) is 0.0253. The molecule has 0 aromatic carbocycles. The third-order valence-corrected chi connectivity index (χ3v) is 21.5. The van der Waals surface area contributed by atoms with Gasteiger partial charge in [0.2, 0.25) is 0 Å². The number of hydrogen-bond donors (Lipinski definition) is 29. The highest BCUT2D eigenvalue weighted by molar-refractivity contribution is 7.61. The Balaban J connectivity index is 1.63. The van der Waals surface area contributed by atoms with Crippen LogP contribution in [-0.2, 0) is 116 Å². The summed E-state index contributed by atoms with van der Waals surface area (Å²) in [6.07, 6.45) is -87.5. The summed E-state index contributed by atoms with van der Waals surface area (Å²) in [5.41, 5.74) is 16.1. The standard InChI is InChI=1S/C47H90N3O51P5/c48-1-4-83-103(75,76)99-19(12-55)34-25(63)26(64)38(94-45-40(96-41-27(65)23(61)21(59)18(11-54)87-41)37(100-104(77,78)84-5-2-49)29(67)31(89-45)14(56)8-51)44(91-34)93-36-30(68)43(90-32(15(57)9-52)39(36)95-42-28(66)24(62)22(60)20(88-42)13-86-102(72,73)74)92-35-17(98-106(81,82)101-105(79,80)85-6-3-50)7-47(71,46(69)70)97-33(35)16(58)10-53/h14-45,51-68,71H,1-13,48-50H2,(H,69,70)(H,75,76)(H,77,78)(H,79,80)(H,81,82)(H2,72,73,74)/t14-,15-,16+,17+,18+,19-,20+,21+,22+,23-,24-,25-,26-,27+,28+,29+,30-,31+,32+,33+,34+,35+,36+,37-,38-,39+,40-,41-,42-,43+,44+,45+,47+/m0/s1. The summed E-state index contributed by atoms with van der Waals surface area (Å²) >= 11 is 0. The molecule has 0 spiro atoms. The Kier molecular flexibility index (Phi) is 35.2. The number of carboxylic acid groups (broad SMARTS) is 1. The molecule has 6 saturated heterocycles. The molecule has 0 bridgehead atoms. The fraction of sp³-hybridized carbons (Fsp3) is 0.979. The first-order valence-electron chi connectivity index (χ1n) is 31.2. The summed E-state index contributed by atoms with van der Waals surface area (Å²) in [6, 6.07) is 0. The summed E-state index contributed by atoms with van der Waals surface area (Å²) in [5.74, 6) is -6.20. The van der Waals surface area contributed by atoms with Crippen molar-refractivity contribution in [1.29, 1.82) is 0 Å². The molecule has 6 aliphatic rings. The molecule has 0 radical (unpaired) electrons. The first kappa shape index (κ1) is 93.6. The van der Waals surface area contributed by atoms with Gasteiger partial charge in [0, 0.05) is 26.1 Å².